The van der Waals surface area contributed by atoms with E-state index < -0.39 is 0 Å². The molecule has 2 N–H and O–H groups in total. The molecule has 3 aromatic heterocycles. The summed E-state index contributed by atoms with van der Waals surface area (Å²) in [6.45, 7) is 8.12. The zero-order valence-electron chi connectivity index (χ0n) is 18.7. The number of fused-ring (bicyclic) bond motifs is 1. The summed E-state index contributed by atoms with van der Waals surface area (Å²) in [7, 11) is 0. The number of hydrogen-bond acceptors (Lipinski definition) is 6. The molecule has 0 bridgehead atoms. The van der Waals surface area contributed by atoms with Gasteiger partial charge in [-0.25, -0.2) is 4.98 Å². The molecule has 0 spiro atoms. The molecule has 5 rings (SSSR count). The first-order valence-corrected chi connectivity index (χ1v) is 11.2. The van der Waals surface area contributed by atoms with Gasteiger partial charge in [0.25, 0.3) is 11.5 Å². The number of aryl methyl sites for hydroxylation is 1. The highest BCUT2D eigenvalue weighted by Gasteiger charge is 2.29. The number of nitrogens with one attached hydrogen (secondary N) is 2. The van der Waals surface area contributed by atoms with Crippen molar-refractivity contribution in [1.29, 1.82) is 0 Å². The minimum Gasteiger partial charge on any atom is -0.486 e. The highest BCUT2D eigenvalue weighted by molar-refractivity contribution is 5.92. The fourth-order valence-electron chi connectivity index (χ4n) is 3.56. The van der Waals surface area contributed by atoms with E-state index in [4.69, 9.17) is 4.74 Å². The Kier molecular flexibility index (Phi) is 6.50. The number of aromatic nitrogens is 3. The summed E-state index contributed by atoms with van der Waals surface area (Å²) in [5.41, 5.74) is 3.60. The molecule has 32 heavy (non-hydrogen) atoms. The Morgan fingerprint density at radius 3 is 2.66 bits per heavy atom. The Bertz CT molecular complexity index is 1150. The molecule has 2 aliphatic rings. The van der Waals surface area contributed by atoms with Crippen molar-refractivity contribution in [3.05, 3.63) is 63.8 Å². The Balaban J connectivity index is 0.00000119. The SMILES string of the molecule is CC.Cc1cc2ncc(CN3CC(Oc4ccc(C(=O)NC5CC5)nc4)C3)cc2[nH]c1=O. The van der Waals surface area contributed by atoms with Crippen molar-refractivity contribution in [1.82, 2.24) is 25.2 Å². The van der Waals surface area contributed by atoms with Crippen LogP contribution in [0.1, 0.15) is 48.3 Å². The van der Waals surface area contributed by atoms with Gasteiger partial charge in [-0.1, -0.05) is 13.8 Å². The number of carbonyl (C=O) groups is 1. The second-order valence-electron chi connectivity index (χ2n) is 8.12. The highest BCUT2D eigenvalue weighted by atomic mass is 16.5. The van der Waals surface area contributed by atoms with Gasteiger partial charge in [0.2, 0.25) is 0 Å². The predicted octanol–water partition coefficient (Wildman–Crippen LogP) is 2.81. The van der Waals surface area contributed by atoms with E-state index in [0.717, 1.165) is 49.1 Å². The maximum Gasteiger partial charge on any atom is 0.270 e. The van der Waals surface area contributed by atoms with Gasteiger partial charge in [-0.05, 0) is 49.6 Å². The van der Waals surface area contributed by atoms with Crippen molar-refractivity contribution in [2.24, 2.45) is 0 Å². The van der Waals surface area contributed by atoms with Crippen LogP contribution in [0.2, 0.25) is 0 Å². The van der Waals surface area contributed by atoms with Crippen molar-refractivity contribution in [2.45, 2.75) is 52.3 Å². The molecule has 4 heterocycles. The third-order valence-corrected chi connectivity index (χ3v) is 5.45. The summed E-state index contributed by atoms with van der Waals surface area (Å²) in [6.07, 6.45) is 5.66. The van der Waals surface area contributed by atoms with E-state index in [9.17, 15) is 9.59 Å². The summed E-state index contributed by atoms with van der Waals surface area (Å²) >= 11 is 0. The number of carbonyl (C=O) groups excluding carboxylic acids is 1. The van der Waals surface area contributed by atoms with E-state index in [1.807, 2.05) is 26.1 Å². The third-order valence-electron chi connectivity index (χ3n) is 5.45. The number of pyridine rings is 3. The molecular weight excluding hydrogens is 406 g/mol. The van der Waals surface area contributed by atoms with Crippen molar-refractivity contribution in [2.75, 3.05) is 13.1 Å². The number of likely N-dealkylation sites (tertiary alicyclic amines) is 1. The lowest BCUT2D eigenvalue weighted by atomic mass is 10.1. The molecule has 8 heteroatoms. The molecule has 1 saturated heterocycles. The second kappa shape index (κ2) is 9.48. The predicted molar refractivity (Wildman–Crippen MR) is 123 cm³/mol. The molecule has 3 aromatic rings. The van der Waals surface area contributed by atoms with Gasteiger partial charge in [0.1, 0.15) is 17.5 Å². The first-order chi connectivity index (χ1) is 15.5. The lowest BCUT2D eigenvalue weighted by Crippen LogP contribution is -2.53. The summed E-state index contributed by atoms with van der Waals surface area (Å²) in [4.78, 5) is 37.6. The Labute approximate surface area is 187 Å². The second-order valence-corrected chi connectivity index (χ2v) is 8.12. The zero-order chi connectivity index (χ0) is 22.7. The van der Waals surface area contributed by atoms with Crippen LogP contribution in [0.15, 0.2) is 41.5 Å². The summed E-state index contributed by atoms with van der Waals surface area (Å²) in [5, 5.41) is 2.92. The molecule has 2 fully saturated rings. The standard InChI is InChI=1S/C22H23N5O3.C2H6/c1-13-6-19-20(26-21(13)28)7-14(8-23-19)10-27-11-17(12-27)30-16-4-5-18(24-9-16)22(29)25-15-2-3-15;1-2/h4-9,15,17H,2-3,10-12H2,1H3,(H,25,29)(H,26,28);1-2H3. The average molecular weight is 436 g/mol. The van der Waals surface area contributed by atoms with E-state index in [0.29, 0.717) is 23.0 Å². The van der Waals surface area contributed by atoms with Gasteiger partial charge in [0.05, 0.1) is 17.2 Å². The van der Waals surface area contributed by atoms with Crippen LogP contribution in [0.5, 0.6) is 5.75 Å². The van der Waals surface area contributed by atoms with Gasteiger partial charge in [0, 0.05) is 37.4 Å². The van der Waals surface area contributed by atoms with E-state index >= 15 is 0 Å². The van der Waals surface area contributed by atoms with Gasteiger partial charge < -0.3 is 15.0 Å². The average Bonchev–Trinajstić information content (AvgIpc) is 3.59. The number of rotatable bonds is 6. The van der Waals surface area contributed by atoms with E-state index in [2.05, 4.69) is 25.2 Å². The maximum atomic E-state index is 12.0. The van der Waals surface area contributed by atoms with Crippen molar-refractivity contribution >= 4 is 16.9 Å². The molecule has 0 atom stereocenters. The molecule has 1 saturated carbocycles. The molecular formula is C24H29N5O3. The van der Waals surface area contributed by atoms with Crippen LogP contribution < -0.4 is 15.6 Å². The molecule has 0 radical (unpaired) electrons. The van der Waals surface area contributed by atoms with Gasteiger partial charge in [-0.3, -0.25) is 19.5 Å². The smallest absolute Gasteiger partial charge is 0.270 e. The van der Waals surface area contributed by atoms with Crippen LogP contribution in [0.3, 0.4) is 0 Å². The molecule has 168 valence electrons. The van der Waals surface area contributed by atoms with Crippen LogP contribution >= 0.6 is 0 Å². The number of amides is 1. The normalized spacial score (nSPS) is 16.1. The lowest BCUT2D eigenvalue weighted by molar-refractivity contribution is 0.0143. The largest absolute Gasteiger partial charge is 0.486 e. The fraction of sp³-hybridized carbons (Fsp3) is 0.417. The molecule has 0 unspecified atom stereocenters. The van der Waals surface area contributed by atoms with Crippen LogP contribution in [0.25, 0.3) is 11.0 Å². The summed E-state index contributed by atoms with van der Waals surface area (Å²) < 4.78 is 5.95. The minimum atomic E-state index is -0.126. The number of H-pyrrole nitrogens is 1. The molecule has 1 amide bonds. The fourth-order valence-corrected chi connectivity index (χ4v) is 3.56. The van der Waals surface area contributed by atoms with Gasteiger partial charge in [0.15, 0.2) is 0 Å². The first-order valence-electron chi connectivity index (χ1n) is 11.2. The van der Waals surface area contributed by atoms with Crippen LogP contribution in [0.4, 0.5) is 0 Å². The monoisotopic (exact) mass is 435 g/mol. The number of aromatic amines is 1. The van der Waals surface area contributed by atoms with E-state index in [1.54, 1.807) is 31.3 Å². The summed E-state index contributed by atoms with van der Waals surface area (Å²) in [6, 6.07) is 7.60. The molecule has 1 aliphatic heterocycles. The Morgan fingerprint density at radius 1 is 1.19 bits per heavy atom. The lowest BCUT2D eigenvalue weighted by Gasteiger charge is -2.38. The minimum absolute atomic E-state index is 0.0801. The van der Waals surface area contributed by atoms with Gasteiger partial charge >= 0.3 is 0 Å². The molecule has 8 nitrogen and oxygen atoms in total. The third kappa shape index (κ3) is 5.13. The van der Waals surface area contributed by atoms with Crippen LogP contribution in [-0.2, 0) is 6.54 Å². The molecule has 1 aliphatic carbocycles. The zero-order valence-corrected chi connectivity index (χ0v) is 18.7. The number of hydrogen-bond donors (Lipinski definition) is 2. The van der Waals surface area contributed by atoms with Crippen LogP contribution in [-0.4, -0.2) is 51.0 Å². The van der Waals surface area contributed by atoms with Gasteiger partial charge in [-0.2, -0.15) is 0 Å². The van der Waals surface area contributed by atoms with E-state index in [1.165, 1.54) is 0 Å². The van der Waals surface area contributed by atoms with E-state index in [-0.39, 0.29) is 17.6 Å². The summed E-state index contributed by atoms with van der Waals surface area (Å²) in [5.74, 6) is 0.544. The van der Waals surface area contributed by atoms with Crippen molar-refractivity contribution < 1.29 is 9.53 Å². The Hall–Kier alpha value is -3.26. The van der Waals surface area contributed by atoms with Crippen LogP contribution in [0, 0.1) is 6.92 Å². The topological polar surface area (TPSA) is 100 Å². The van der Waals surface area contributed by atoms with Crippen molar-refractivity contribution in [3.8, 4) is 5.75 Å². The molecule has 0 aromatic carbocycles. The highest BCUT2D eigenvalue weighted by Crippen LogP contribution is 2.21. The van der Waals surface area contributed by atoms with Crippen molar-refractivity contribution in [3.63, 3.8) is 0 Å². The number of nitrogens with zero attached hydrogens (tertiary/aromatic N) is 3. The maximum absolute atomic E-state index is 12.0. The van der Waals surface area contributed by atoms with Gasteiger partial charge in [-0.15, -0.1) is 0 Å². The Morgan fingerprint density at radius 2 is 1.97 bits per heavy atom. The first kappa shape index (κ1) is 22.0. The quantitative estimate of drug-likeness (QED) is 0.618. The number of ether oxygens (including phenoxy) is 1.